The van der Waals surface area contributed by atoms with Crippen LogP contribution in [0.2, 0.25) is 0 Å². The number of pyridine rings is 1. The van der Waals surface area contributed by atoms with Crippen LogP contribution in [0.4, 0.5) is 0 Å². The van der Waals surface area contributed by atoms with E-state index in [2.05, 4.69) is 31.5 Å². The van der Waals surface area contributed by atoms with Crippen LogP contribution in [0.3, 0.4) is 0 Å². The molecule has 0 radical (unpaired) electrons. The van der Waals surface area contributed by atoms with E-state index in [0.717, 1.165) is 17.2 Å². The summed E-state index contributed by atoms with van der Waals surface area (Å²) in [7, 11) is 0. The Balaban J connectivity index is 1.33. The molecule has 1 saturated carbocycles. The highest BCUT2D eigenvalue weighted by molar-refractivity contribution is 5.25. The van der Waals surface area contributed by atoms with Crippen molar-refractivity contribution in [2.75, 3.05) is 0 Å². The van der Waals surface area contributed by atoms with Gasteiger partial charge in [0.1, 0.15) is 12.1 Å². The maximum atomic E-state index is 5.49. The Kier molecular flexibility index (Phi) is 5.06. The van der Waals surface area contributed by atoms with Crippen molar-refractivity contribution in [1.82, 2.24) is 30.0 Å². The molecule has 26 heavy (non-hydrogen) atoms. The number of imidazole rings is 1. The van der Waals surface area contributed by atoms with Gasteiger partial charge in [-0.25, -0.2) is 9.97 Å². The van der Waals surface area contributed by atoms with Gasteiger partial charge >= 0.3 is 0 Å². The molecule has 1 fully saturated rings. The first-order chi connectivity index (χ1) is 12.8. The van der Waals surface area contributed by atoms with Crippen LogP contribution in [-0.4, -0.2) is 24.7 Å². The normalized spacial score (nSPS) is 16.7. The average molecular weight is 352 g/mol. The Labute approximate surface area is 152 Å². The molecule has 0 aromatic carbocycles. The van der Waals surface area contributed by atoms with Crippen LogP contribution in [0.25, 0.3) is 5.82 Å². The Bertz CT molecular complexity index is 805. The van der Waals surface area contributed by atoms with E-state index in [1.54, 1.807) is 12.5 Å². The fourth-order valence-corrected chi connectivity index (χ4v) is 3.38. The Morgan fingerprint density at radius 2 is 2.15 bits per heavy atom. The van der Waals surface area contributed by atoms with Gasteiger partial charge in [-0.1, -0.05) is 30.5 Å². The molecule has 0 aliphatic heterocycles. The lowest BCUT2D eigenvalue weighted by molar-refractivity contribution is 0.329. The minimum Gasteiger partial charge on any atom is -0.338 e. The summed E-state index contributed by atoms with van der Waals surface area (Å²) in [4.78, 5) is 13.1. The molecule has 3 heterocycles. The van der Waals surface area contributed by atoms with Gasteiger partial charge in [0.15, 0.2) is 5.82 Å². The van der Waals surface area contributed by atoms with Gasteiger partial charge in [-0.3, -0.25) is 4.57 Å². The summed E-state index contributed by atoms with van der Waals surface area (Å²) in [6, 6.07) is 4.05. The molecule has 7 nitrogen and oxygen atoms in total. The zero-order valence-electron chi connectivity index (χ0n) is 15.0. The maximum absolute atomic E-state index is 5.49. The number of aromatic nitrogens is 5. The Morgan fingerprint density at radius 3 is 2.88 bits per heavy atom. The predicted octanol–water partition coefficient (Wildman–Crippen LogP) is 3.55. The fraction of sp³-hybridized carbons (Fsp3) is 0.474. The van der Waals surface area contributed by atoms with E-state index >= 15 is 0 Å². The standard InChI is InChI=1S/C19H24N6O/c1-14(19-23-18(24-26-19)16-5-3-2-4-6-16)21-11-15-7-8-17(22-12-15)25-10-9-20-13-25/h7-10,12-14,16,21H,2-6,11H2,1H3. The lowest BCUT2D eigenvalue weighted by atomic mass is 9.89. The molecule has 1 aliphatic rings. The van der Waals surface area contributed by atoms with E-state index in [9.17, 15) is 0 Å². The molecule has 4 rings (SSSR count). The van der Waals surface area contributed by atoms with Gasteiger partial charge < -0.3 is 9.84 Å². The molecule has 0 amide bonds. The second-order valence-corrected chi connectivity index (χ2v) is 6.92. The van der Waals surface area contributed by atoms with Crippen molar-refractivity contribution in [3.05, 3.63) is 54.3 Å². The topological polar surface area (TPSA) is 81.7 Å². The van der Waals surface area contributed by atoms with Crippen LogP contribution in [0.1, 0.15) is 68.3 Å². The summed E-state index contributed by atoms with van der Waals surface area (Å²) in [5.74, 6) is 2.86. The third-order valence-corrected chi connectivity index (χ3v) is 4.99. The van der Waals surface area contributed by atoms with Gasteiger partial charge in [-0.05, 0) is 31.4 Å². The molecule has 3 aromatic heterocycles. The zero-order chi connectivity index (χ0) is 17.8. The molecule has 7 heteroatoms. The van der Waals surface area contributed by atoms with Crippen molar-refractivity contribution < 1.29 is 4.52 Å². The molecule has 1 N–H and O–H groups in total. The monoisotopic (exact) mass is 352 g/mol. The molecular formula is C19H24N6O. The predicted molar refractivity (Wildman–Crippen MR) is 96.7 cm³/mol. The van der Waals surface area contributed by atoms with Crippen molar-refractivity contribution >= 4 is 0 Å². The first-order valence-electron chi connectivity index (χ1n) is 9.30. The van der Waals surface area contributed by atoms with Gasteiger partial charge in [-0.2, -0.15) is 4.98 Å². The summed E-state index contributed by atoms with van der Waals surface area (Å²) in [5.41, 5.74) is 1.10. The van der Waals surface area contributed by atoms with Crippen LogP contribution in [0.5, 0.6) is 0 Å². The van der Waals surface area contributed by atoms with Crippen LogP contribution >= 0.6 is 0 Å². The smallest absolute Gasteiger partial charge is 0.243 e. The van der Waals surface area contributed by atoms with Crippen molar-refractivity contribution in [2.24, 2.45) is 0 Å². The third-order valence-electron chi connectivity index (χ3n) is 4.99. The molecule has 136 valence electrons. The lowest BCUT2D eigenvalue weighted by Crippen LogP contribution is -2.18. The van der Waals surface area contributed by atoms with Gasteiger partial charge in [0, 0.05) is 31.1 Å². The third kappa shape index (κ3) is 3.83. The van der Waals surface area contributed by atoms with Crippen LogP contribution in [0.15, 0.2) is 41.6 Å². The molecule has 0 bridgehead atoms. The first-order valence-corrected chi connectivity index (χ1v) is 9.30. The number of rotatable bonds is 6. The SMILES string of the molecule is CC(NCc1ccc(-n2ccnc2)nc1)c1nc(C2CCCCC2)no1. The van der Waals surface area contributed by atoms with E-state index in [4.69, 9.17) is 4.52 Å². The minimum atomic E-state index is 0.00756. The quantitative estimate of drug-likeness (QED) is 0.730. The molecule has 1 unspecified atom stereocenters. The molecule has 1 atom stereocenters. The summed E-state index contributed by atoms with van der Waals surface area (Å²) in [5, 5.41) is 7.64. The lowest BCUT2D eigenvalue weighted by Gasteiger charge is -2.17. The highest BCUT2D eigenvalue weighted by Crippen LogP contribution is 2.31. The molecule has 0 saturated heterocycles. The van der Waals surface area contributed by atoms with E-state index < -0.39 is 0 Å². The van der Waals surface area contributed by atoms with Gasteiger partial charge in [0.25, 0.3) is 0 Å². The highest BCUT2D eigenvalue weighted by atomic mass is 16.5. The summed E-state index contributed by atoms with van der Waals surface area (Å²) in [6.45, 7) is 2.74. The largest absolute Gasteiger partial charge is 0.338 e. The maximum Gasteiger partial charge on any atom is 0.243 e. The first kappa shape index (κ1) is 16.9. The Hall–Kier alpha value is -2.54. The van der Waals surface area contributed by atoms with Crippen molar-refractivity contribution in [1.29, 1.82) is 0 Å². The average Bonchev–Trinajstić information content (AvgIpc) is 3.39. The van der Waals surface area contributed by atoms with Crippen molar-refractivity contribution in [3.8, 4) is 5.82 Å². The van der Waals surface area contributed by atoms with Crippen molar-refractivity contribution in [3.63, 3.8) is 0 Å². The minimum absolute atomic E-state index is 0.00756. The van der Waals surface area contributed by atoms with Crippen molar-refractivity contribution in [2.45, 2.75) is 57.5 Å². The summed E-state index contributed by atoms with van der Waals surface area (Å²) >= 11 is 0. The second kappa shape index (κ2) is 7.78. The summed E-state index contributed by atoms with van der Waals surface area (Å²) < 4.78 is 7.37. The van der Waals surface area contributed by atoms with E-state index in [1.807, 2.05) is 30.0 Å². The molecule has 3 aromatic rings. The van der Waals surface area contributed by atoms with Gasteiger partial charge in [0.2, 0.25) is 5.89 Å². The van der Waals surface area contributed by atoms with Crippen LogP contribution in [0, 0.1) is 0 Å². The highest BCUT2D eigenvalue weighted by Gasteiger charge is 2.22. The van der Waals surface area contributed by atoms with Crippen LogP contribution in [-0.2, 0) is 6.54 Å². The second-order valence-electron chi connectivity index (χ2n) is 6.92. The van der Waals surface area contributed by atoms with E-state index in [-0.39, 0.29) is 6.04 Å². The van der Waals surface area contributed by atoms with Gasteiger partial charge in [-0.15, -0.1) is 0 Å². The van der Waals surface area contributed by atoms with E-state index in [0.29, 0.717) is 18.4 Å². The van der Waals surface area contributed by atoms with Gasteiger partial charge in [0.05, 0.1) is 6.04 Å². The van der Waals surface area contributed by atoms with E-state index in [1.165, 1.54) is 32.1 Å². The molecule has 1 aliphatic carbocycles. The van der Waals surface area contributed by atoms with Crippen LogP contribution < -0.4 is 5.32 Å². The molecule has 0 spiro atoms. The number of nitrogens with one attached hydrogen (secondary N) is 1. The molecular weight excluding hydrogens is 328 g/mol. The number of hydrogen-bond acceptors (Lipinski definition) is 6. The Morgan fingerprint density at radius 1 is 1.27 bits per heavy atom. The number of nitrogens with zero attached hydrogens (tertiary/aromatic N) is 5. The zero-order valence-corrected chi connectivity index (χ0v) is 15.0. The number of hydrogen-bond donors (Lipinski definition) is 1. The summed E-state index contributed by atoms with van der Waals surface area (Å²) in [6.07, 6.45) is 13.4. The fourth-order valence-electron chi connectivity index (χ4n) is 3.38.